The number of amides is 1. The SMILES string of the molecule is CC(C)(C)NC(=O)CS(=O)CCN. The second-order valence-corrected chi connectivity index (χ2v) is 5.45. The average molecular weight is 206 g/mol. The molecule has 0 aromatic carbocycles. The molecule has 0 spiro atoms. The molecule has 0 heterocycles. The Labute approximate surface area is 81.7 Å². The molecule has 0 saturated heterocycles. The van der Waals surface area contributed by atoms with Crippen molar-refractivity contribution in [2.24, 2.45) is 5.73 Å². The smallest absolute Gasteiger partial charge is 0.233 e. The molecule has 4 nitrogen and oxygen atoms in total. The monoisotopic (exact) mass is 206 g/mol. The van der Waals surface area contributed by atoms with Crippen molar-refractivity contribution in [1.29, 1.82) is 0 Å². The van der Waals surface area contributed by atoms with Gasteiger partial charge in [-0.1, -0.05) is 0 Å². The van der Waals surface area contributed by atoms with Crippen LogP contribution in [0.1, 0.15) is 20.8 Å². The van der Waals surface area contributed by atoms with Crippen LogP contribution in [0.15, 0.2) is 0 Å². The molecule has 13 heavy (non-hydrogen) atoms. The molecular formula is C8H18N2O2S. The first-order chi connectivity index (χ1) is 5.85. The second kappa shape index (κ2) is 5.34. The first kappa shape index (κ1) is 12.6. The number of carbonyl (C=O) groups is 1. The van der Waals surface area contributed by atoms with Gasteiger partial charge in [-0.15, -0.1) is 0 Å². The Morgan fingerprint density at radius 2 is 2.00 bits per heavy atom. The third-order valence-corrected chi connectivity index (χ3v) is 2.43. The van der Waals surface area contributed by atoms with Gasteiger partial charge in [-0.3, -0.25) is 9.00 Å². The fourth-order valence-electron chi connectivity index (χ4n) is 0.804. The Bertz CT molecular complexity index is 199. The quantitative estimate of drug-likeness (QED) is 0.658. The van der Waals surface area contributed by atoms with E-state index in [9.17, 15) is 9.00 Å². The zero-order chi connectivity index (χ0) is 10.5. The highest BCUT2D eigenvalue weighted by Gasteiger charge is 2.15. The maximum atomic E-state index is 11.2. The van der Waals surface area contributed by atoms with Crippen molar-refractivity contribution in [3.63, 3.8) is 0 Å². The van der Waals surface area contributed by atoms with Gasteiger partial charge in [0.2, 0.25) is 5.91 Å². The number of hydrogen-bond donors (Lipinski definition) is 2. The van der Waals surface area contributed by atoms with Gasteiger partial charge in [0.25, 0.3) is 0 Å². The summed E-state index contributed by atoms with van der Waals surface area (Å²) >= 11 is 0. The summed E-state index contributed by atoms with van der Waals surface area (Å²) in [5.41, 5.74) is 4.95. The molecule has 1 amide bonds. The molecule has 3 N–H and O–H groups in total. The van der Waals surface area contributed by atoms with E-state index in [0.717, 1.165) is 0 Å². The van der Waals surface area contributed by atoms with E-state index < -0.39 is 10.8 Å². The van der Waals surface area contributed by atoms with Gasteiger partial charge in [-0.2, -0.15) is 0 Å². The summed E-state index contributed by atoms with van der Waals surface area (Å²) in [4.78, 5) is 11.2. The lowest BCUT2D eigenvalue weighted by Gasteiger charge is -2.20. The van der Waals surface area contributed by atoms with E-state index in [1.807, 2.05) is 20.8 Å². The number of nitrogens with two attached hydrogens (primary N) is 1. The maximum absolute atomic E-state index is 11.2. The molecule has 0 aliphatic carbocycles. The van der Waals surface area contributed by atoms with E-state index in [2.05, 4.69) is 5.32 Å². The highest BCUT2D eigenvalue weighted by Crippen LogP contribution is 1.98. The van der Waals surface area contributed by atoms with Crippen LogP contribution in [0.3, 0.4) is 0 Å². The van der Waals surface area contributed by atoms with Gasteiger partial charge in [0.15, 0.2) is 0 Å². The lowest BCUT2D eigenvalue weighted by molar-refractivity contribution is -0.119. The summed E-state index contributed by atoms with van der Waals surface area (Å²) in [7, 11) is -1.12. The van der Waals surface area contributed by atoms with Crippen LogP contribution in [0.2, 0.25) is 0 Å². The molecule has 78 valence electrons. The van der Waals surface area contributed by atoms with Crippen LogP contribution in [0, 0.1) is 0 Å². The largest absolute Gasteiger partial charge is 0.351 e. The lowest BCUT2D eigenvalue weighted by Crippen LogP contribution is -2.43. The summed E-state index contributed by atoms with van der Waals surface area (Å²) in [6.45, 7) is 6.01. The number of hydrogen-bond acceptors (Lipinski definition) is 3. The zero-order valence-electron chi connectivity index (χ0n) is 8.42. The van der Waals surface area contributed by atoms with Crippen LogP contribution >= 0.6 is 0 Å². The number of carbonyl (C=O) groups excluding carboxylic acids is 1. The van der Waals surface area contributed by atoms with E-state index in [-0.39, 0.29) is 17.2 Å². The van der Waals surface area contributed by atoms with Crippen molar-refractivity contribution in [2.45, 2.75) is 26.3 Å². The summed E-state index contributed by atoms with van der Waals surface area (Å²) in [5, 5.41) is 2.74. The van der Waals surface area contributed by atoms with Crippen LogP contribution in [0.4, 0.5) is 0 Å². The molecule has 0 saturated carbocycles. The molecule has 0 bridgehead atoms. The minimum atomic E-state index is -1.12. The van der Waals surface area contributed by atoms with E-state index in [1.54, 1.807) is 0 Å². The normalized spacial score (nSPS) is 13.8. The van der Waals surface area contributed by atoms with Gasteiger partial charge >= 0.3 is 0 Å². The summed E-state index contributed by atoms with van der Waals surface area (Å²) in [6.07, 6.45) is 0. The molecule has 0 fully saturated rings. The van der Waals surface area contributed by atoms with Gasteiger partial charge < -0.3 is 11.1 Å². The van der Waals surface area contributed by atoms with Crippen molar-refractivity contribution < 1.29 is 9.00 Å². The minimum Gasteiger partial charge on any atom is -0.351 e. The zero-order valence-corrected chi connectivity index (χ0v) is 9.24. The molecule has 0 aromatic rings. The molecule has 1 atom stereocenters. The fraction of sp³-hybridized carbons (Fsp3) is 0.875. The first-order valence-electron chi connectivity index (χ1n) is 4.21. The minimum absolute atomic E-state index is 0.0501. The van der Waals surface area contributed by atoms with Crippen molar-refractivity contribution in [3.05, 3.63) is 0 Å². The third-order valence-electron chi connectivity index (χ3n) is 1.15. The van der Waals surface area contributed by atoms with E-state index in [1.165, 1.54) is 0 Å². The Kier molecular flexibility index (Phi) is 5.17. The van der Waals surface area contributed by atoms with Gasteiger partial charge in [0.05, 0.1) is 0 Å². The standard InChI is InChI=1S/C8H18N2O2S/c1-8(2,3)10-7(11)6-13(12)5-4-9/h4-6,9H2,1-3H3,(H,10,11). The van der Waals surface area contributed by atoms with Crippen molar-refractivity contribution in [2.75, 3.05) is 18.1 Å². The predicted molar refractivity (Wildman–Crippen MR) is 54.8 cm³/mol. The van der Waals surface area contributed by atoms with Crippen LogP contribution < -0.4 is 11.1 Å². The summed E-state index contributed by atoms with van der Waals surface area (Å²) < 4.78 is 11.1. The van der Waals surface area contributed by atoms with Crippen molar-refractivity contribution >= 4 is 16.7 Å². The van der Waals surface area contributed by atoms with E-state index >= 15 is 0 Å². The fourth-order valence-corrected chi connectivity index (χ4v) is 1.58. The maximum Gasteiger partial charge on any atom is 0.233 e. The predicted octanol–water partition coefficient (Wildman–Crippen LogP) is -0.391. The molecule has 1 unspecified atom stereocenters. The van der Waals surface area contributed by atoms with Crippen molar-refractivity contribution in [1.82, 2.24) is 5.32 Å². The Morgan fingerprint density at radius 1 is 1.46 bits per heavy atom. The number of nitrogens with one attached hydrogen (secondary N) is 1. The second-order valence-electron chi connectivity index (χ2n) is 3.88. The average Bonchev–Trinajstić information content (AvgIpc) is 1.81. The Hall–Kier alpha value is -0.420. The molecule has 0 aliphatic heterocycles. The highest BCUT2D eigenvalue weighted by atomic mass is 32.2. The van der Waals surface area contributed by atoms with Gasteiger partial charge in [0.1, 0.15) is 5.75 Å². The molecule has 5 heteroatoms. The molecular weight excluding hydrogens is 188 g/mol. The third kappa shape index (κ3) is 7.93. The summed E-state index contributed by atoms with van der Waals surface area (Å²) in [6, 6.07) is 0. The number of rotatable bonds is 4. The van der Waals surface area contributed by atoms with Crippen LogP contribution in [-0.2, 0) is 15.6 Å². The Morgan fingerprint density at radius 3 is 2.38 bits per heavy atom. The van der Waals surface area contributed by atoms with E-state index in [4.69, 9.17) is 5.73 Å². The molecule has 0 radical (unpaired) electrons. The van der Waals surface area contributed by atoms with Gasteiger partial charge in [0, 0.05) is 28.6 Å². The summed E-state index contributed by atoms with van der Waals surface area (Å²) in [5.74, 6) is 0.255. The molecule has 0 rings (SSSR count). The first-order valence-corrected chi connectivity index (χ1v) is 5.70. The molecule has 0 aliphatic rings. The van der Waals surface area contributed by atoms with Crippen LogP contribution in [0.25, 0.3) is 0 Å². The van der Waals surface area contributed by atoms with Crippen molar-refractivity contribution in [3.8, 4) is 0 Å². The Balaban J connectivity index is 3.82. The van der Waals surface area contributed by atoms with E-state index in [0.29, 0.717) is 12.3 Å². The molecule has 0 aromatic heterocycles. The van der Waals surface area contributed by atoms with Crippen LogP contribution in [0.5, 0.6) is 0 Å². The highest BCUT2D eigenvalue weighted by molar-refractivity contribution is 7.85. The van der Waals surface area contributed by atoms with Crippen LogP contribution in [-0.4, -0.2) is 33.7 Å². The topological polar surface area (TPSA) is 72.2 Å². The van der Waals surface area contributed by atoms with Gasteiger partial charge in [-0.05, 0) is 20.8 Å². The lowest BCUT2D eigenvalue weighted by atomic mass is 10.1. The van der Waals surface area contributed by atoms with Gasteiger partial charge in [-0.25, -0.2) is 0 Å².